The Bertz CT molecular complexity index is 3950. The van der Waals surface area contributed by atoms with Crippen molar-refractivity contribution >= 4 is 124 Å². The number of hydrogen-bond acceptors (Lipinski definition) is 24. The summed E-state index contributed by atoms with van der Waals surface area (Å²) in [4.78, 5) is 0. The van der Waals surface area contributed by atoms with Gasteiger partial charge in [-0.1, -0.05) is 0 Å². The molecule has 0 fully saturated rings. The van der Waals surface area contributed by atoms with E-state index >= 15 is 0 Å². The van der Waals surface area contributed by atoms with Gasteiger partial charge in [0.25, 0.3) is 0 Å². The number of rotatable bonds is 16. The van der Waals surface area contributed by atoms with Crippen LogP contribution < -0.4 is 33.5 Å². The molecule has 476 valence electrons. The Morgan fingerprint density at radius 2 is 0.274 bits per heavy atom. The highest BCUT2D eigenvalue weighted by atomic mass is 32.3. The van der Waals surface area contributed by atoms with Gasteiger partial charge in [0.2, 0.25) is 0 Å². The number of hydrogen-bond donors (Lipinski definition) is 0. The molecule has 0 bridgehead atoms. The Labute approximate surface area is 443 Å². The van der Waals surface area contributed by atoms with Crippen molar-refractivity contribution < 1.29 is 206 Å². The molecule has 24 nitrogen and oxygen atoms in total. The first-order valence-corrected chi connectivity index (χ1v) is 29.4. The van der Waals surface area contributed by atoms with Gasteiger partial charge in [-0.2, -0.15) is 173 Å². The Hall–Kier alpha value is -6.28. The second-order valence-electron chi connectivity index (χ2n) is 14.4. The minimum Gasteiger partial charge on any atom is -0.375 e. The molecule has 0 spiro atoms. The van der Waals surface area contributed by atoms with Crippen LogP contribution in [0.5, 0.6) is 46.0 Å². The van der Waals surface area contributed by atoms with Crippen molar-refractivity contribution in [1.82, 2.24) is 0 Å². The molecule has 0 aliphatic rings. The maximum Gasteiger partial charge on any atom is 0.534 e. The number of fused-ring (bicyclic) bond motifs is 2. The lowest BCUT2D eigenvalue weighted by molar-refractivity contribution is -0.0507. The standard InChI is InChI=1S/C28H4F24O24S8/c29-21(30,31)77(53,54)69-5-1-9(73-81(61,62)25(41,42)43)15-16-10(74-82(63,64)26(44,45)46)3-7(71-79(57,58)23(35,36)37)14-8(72-80(59,60)24(38,39)40)4-12(76-84(67,68)28(50,51)52)18(20(14)16)17-11(75-83(65,66)27(47,48)49)2-6(13(5)19(15)17)70-78(55,56)22(32,33)34/h1-4H. The van der Waals surface area contributed by atoms with Crippen molar-refractivity contribution in [2.45, 2.75) is 44.1 Å². The summed E-state index contributed by atoms with van der Waals surface area (Å²) in [5.74, 6) is -27.0. The second-order valence-corrected chi connectivity index (χ2v) is 26.7. The van der Waals surface area contributed by atoms with Gasteiger partial charge >= 0.3 is 125 Å². The molecule has 5 aromatic rings. The van der Waals surface area contributed by atoms with E-state index in [-0.39, 0.29) is 0 Å². The van der Waals surface area contributed by atoms with Crippen molar-refractivity contribution in [2.24, 2.45) is 0 Å². The molecule has 0 heterocycles. The van der Waals surface area contributed by atoms with E-state index in [1.165, 1.54) is 0 Å². The third-order valence-corrected chi connectivity index (χ3v) is 16.6. The Kier molecular flexibility index (Phi) is 16.0. The number of halogens is 24. The van der Waals surface area contributed by atoms with Crippen LogP contribution in [0, 0.1) is 0 Å². The smallest absolute Gasteiger partial charge is 0.375 e. The average molecular weight is 1440 g/mol. The molecule has 0 saturated heterocycles. The third-order valence-electron chi connectivity index (χ3n) is 8.88. The van der Waals surface area contributed by atoms with Crippen molar-refractivity contribution in [2.75, 3.05) is 0 Å². The highest BCUT2D eigenvalue weighted by molar-refractivity contribution is 7.90. The summed E-state index contributed by atoms with van der Waals surface area (Å²) in [6, 6.07) is -5.98. The predicted octanol–water partition coefficient (Wildman–Crippen LogP) is 7.56. The lowest BCUT2D eigenvalue weighted by Crippen LogP contribution is -2.30. The molecular formula is C28H4F24O24S8. The SMILES string of the molecule is O=S(=O)(Oc1cc(OS(=O)(=O)C(F)(F)F)c2c3c(OS(=O)(=O)C(F)(F)F)cc(OS(=O)(=O)C(F)(F)F)c4c(OS(=O)(=O)C(F)(F)F)cc(OS(=O)(=O)C(F)(F)F)c(c5c(OS(=O)(=O)C(F)(F)F)cc(OS(=O)(=O)C(F)(F)F)c1c25)c43)C(F)(F)F. The molecule has 0 unspecified atom stereocenters. The number of alkyl halides is 24. The van der Waals surface area contributed by atoms with Gasteiger partial charge in [0.15, 0.2) is 46.0 Å². The van der Waals surface area contributed by atoms with Gasteiger partial charge in [-0.05, 0) is 0 Å². The quantitative estimate of drug-likeness (QED) is 0.0302. The molecule has 56 heteroatoms. The van der Waals surface area contributed by atoms with E-state index in [4.69, 9.17) is 0 Å². The van der Waals surface area contributed by atoms with Gasteiger partial charge in [-0.15, -0.1) is 0 Å². The summed E-state index contributed by atoms with van der Waals surface area (Å²) in [5, 5.41) is -25.7. The molecule has 0 N–H and O–H groups in total. The Morgan fingerprint density at radius 1 is 0.179 bits per heavy atom. The Morgan fingerprint density at radius 3 is 0.369 bits per heavy atom. The normalized spacial score (nSPS) is 15.0. The zero-order valence-electron chi connectivity index (χ0n) is 36.4. The van der Waals surface area contributed by atoms with Crippen molar-refractivity contribution in [1.29, 1.82) is 0 Å². The fraction of sp³-hybridized carbons (Fsp3) is 0.286. The van der Waals surface area contributed by atoms with Crippen LogP contribution in [0.3, 0.4) is 0 Å². The summed E-state index contributed by atoms with van der Waals surface area (Å²) in [6.07, 6.45) is 0. The maximum atomic E-state index is 14.1. The molecule has 0 atom stereocenters. The average Bonchev–Trinajstić information content (AvgIpc) is 1.23. The van der Waals surface area contributed by atoms with Gasteiger partial charge in [-0.25, -0.2) is 0 Å². The van der Waals surface area contributed by atoms with Crippen molar-refractivity contribution in [3.05, 3.63) is 24.3 Å². The first-order chi connectivity index (χ1) is 36.7. The molecule has 0 aliphatic carbocycles. The van der Waals surface area contributed by atoms with E-state index in [2.05, 4.69) is 33.5 Å². The zero-order valence-corrected chi connectivity index (χ0v) is 43.0. The van der Waals surface area contributed by atoms with Crippen LogP contribution in [0.1, 0.15) is 0 Å². The lowest BCUT2D eigenvalue weighted by Gasteiger charge is -2.26. The van der Waals surface area contributed by atoms with Crippen molar-refractivity contribution in [3.63, 3.8) is 0 Å². The summed E-state index contributed by atoms with van der Waals surface area (Å²) in [5.41, 5.74) is -58.4. The van der Waals surface area contributed by atoms with Gasteiger partial charge < -0.3 is 33.5 Å². The molecule has 5 rings (SSSR count). The minimum absolute atomic E-state index is 1.49. The molecule has 5 aromatic carbocycles. The summed E-state index contributed by atoms with van der Waals surface area (Å²) in [6.45, 7) is 0. The van der Waals surface area contributed by atoms with Gasteiger partial charge in [-0.3, -0.25) is 0 Å². The van der Waals surface area contributed by atoms with E-state index < -0.39 is 238 Å². The van der Waals surface area contributed by atoms with E-state index in [0.717, 1.165) is 0 Å². The van der Waals surface area contributed by atoms with Crippen LogP contribution in [0.15, 0.2) is 24.3 Å². The number of benzene rings is 5. The summed E-state index contributed by atoms with van der Waals surface area (Å²) in [7, 11) is -65.2. The van der Waals surface area contributed by atoms with Crippen molar-refractivity contribution in [3.8, 4) is 46.0 Å². The van der Waals surface area contributed by atoms with E-state index in [1.54, 1.807) is 0 Å². The van der Waals surface area contributed by atoms with Crippen LogP contribution in [0.4, 0.5) is 105 Å². The molecule has 0 radical (unpaired) electrons. The molecular weight excluding hydrogens is 1430 g/mol. The molecule has 0 saturated carbocycles. The van der Waals surface area contributed by atoms with Crippen LogP contribution in [0.2, 0.25) is 0 Å². The minimum atomic E-state index is -8.21. The first kappa shape index (κ1) is 68.5. The van der Waals surface area contributed by atoms with E-state index in [9.17, 15) is 173 Å². The van der Waals surface area contributed by atoms with Gasteiger partial charge in [0.1, 0.15) is 0 Å². The van der Waals surface area contributed by atoms with E-state index in [0.29, 0.717) is 0 Å². The molecule has 0 amide bonds. The van der Waals surface area contributed by atoms with Gasteiger partial charge in [0.05, 0.1) is 10.8 Å². The monoisotopic (exact) mass is 1440 g/mol. The Balaban J connectivity index is 2.64. The first-order valence-electron chi connectivity index (χ1n) is 18.1. The molecule has 0 aliphatic heterocycles. The molecule has 84 heavy (non-hydrogen) atoms. The highest BCUT2D eigenvalue weighted by Gasteiger charge is 2.57. The fourth-order valence-electron chi connectivity index (χ4n) is 5.87. The fourth-order valence-corrected chi connectivity index (χ4v) is 9.57. The zero-order chi connectivity index (χ0) is 65.7. The highest BCUT2D eigenvalue weighted by Crippen LogP contribution is 2.61. The lowest BCUT2D eigenvalue weighted by atomic mass is 9.87. The van der Waals surface area contributed by atoms with Crippen LogP contribution >= 0.6 is 0 Å². The second kappa shape index (κ2) is 19.6. The summed E-state index contributed by atoms with van der Waals surface area (Å²) >= 11 is 0. The predicted molar refractivity (Wildman–Crippen MR) is 212 cm³/mol. The van der Waals surface area contributed by atoms with Crippen LogP contribution in [-0.4, -0.2) is 111 Å². The van der Waals surface area contributed by atoms with E-state index in [1.807, 2.05) is 0 Å². The maximum absolute atomic E-state index is 14.1. The van der Waals surface area contributed by atoms with Crippen LogP contribution in [-0.2, 0) is 80.9 Å². The third kappa shape index (κ3) is 12.3. The summed E-state index contributed by atoms with van der Waals surface area (Å²) < 4.78 is 566. The largest absolute Gasteiger partial charge is 0.534 e. The van der Waals surface area contributed by atoms with Crippen LogP contribution in [0.25, 0.3) is 43.1 Å². The molecule has 0 aromatic heterocycles. The topological polar surface area (TPSA) is 347 Å². The van der Waals surface area contributed by atoms with Gasteiger partial charge in [0, 0.05) is 56.6 Å².